The molecule has 1 aliphatic heterocycles. The molecule has 0 aromatic heterocycles. The number of piperazine rings is 1. The lowest BCUT2D eigenvalue weighted by atomic mass is 9.83. The molecule has 0 unspecified atom stereocenters. The summed E-state index contributed by atoms with van der Waals surface area (Å²) >= 11 is 0. The Hall–Kier alpha value is -1.79. The van der Waals surface area contributed by atoms with Crippen LogP contribution in [0, 0.1) is 0 Å². The summed E-state index contributed by atoms with van der Waals surface area (Å²) in [7, 11) is 3.21. The zero-order valence-corrected chi connectivity index (χ0v) is 15.9. The minimum Gasteiger partial charge on any atom is -0.493 e. The first-order valence-electron chi connectivity index (χ1n) is 8.93. The lowest BCUT2D eigenvalue weighted by Crippen LogP contribution is -2.45. The maximum absolute atomic E-state index is 12.7. The Morgan fingerprint density at radius 3 is 2.52 bits per heavy atom. The Balaban J connectivity index is 1.88. The van der Waals surface area contributed by atoms with Gasteiger partial charge in [-0.2, -0.15) is 0 Å². The van der Waals surface area contributed by atoms with Gasteiger partial charge in [0.1, 0.15) is 0 Å². The topological polar surface area (TPSA) is 62.8 Å². The Labute approximate surface area is 150 Å². The predicted octanol–water partition coefficient (Wildman–Crippen LogP) is 1.39. The van der Waals surface area contributed by atoms with Crippen molar-refractivity contribution in [2.24, 2.45) is 0 Å². The zero-order chi connectivity index (χ0) is 18.3. The van der Waals surface area contributed by atoms with Crippen molar-refractivity contribution >= 4 is 5.91 Å². The van der Waals surface area contributed by atoms with Gasteiger partial charge in [-0.05, 0) is 44.5 Å². The Bertz CT molecular complexity index is 569. The fraction of sp³-hybridized carbons (Fsp3) is 0.632. The summed E-state index contributed by atoms with van der Waals surface area (Å²) in [4.78, 5) is 15.1. The van der Waals surface area contributed by atoms with Gasteiger partial charge in [-0.15, -0.1) is 0 Å². The van der Waals surface area contributed by atoms with Crippen LogP contribution >= 0.6 is 0 Å². The molecule has 140 valence electrons. The first-order valence-corrected chi connectivity index (χ1v) is 8.93. The third kappa shape index (κ3) is 5.09. The maximum Gasteiger partial charge on any atom is 0.230 e. The minimum absolute atomic E-state index is 0.0278. The molecule has 0 aliphatic carbocycles. The van der Waals surface area contributed by atoms with Crippen molar-refractivity contribution in [2.75, 3.05) is 53.5 Å². The van der Waals surface area contributed by atoms with Crippen LogP contribution in [0.3, 0.4) is 0 Å². The van der Waals surface area contributed by atoms with Gasteiger partial charge < -0.3 is 25.0 Å². The second-order valence-corrected chi connectivity index (χ2v) is 6.90. The molecule has 6 heteroatoms. The molecule has 6 nitrogen and oxygen atoms in total. The van der Waals surface area contributed by atoms with Crippen LogP contribution in [-0.4, -0.2) is 64.3 Å². The molecule has 0 bridgehead atoms. The molecule has 0 atom stereocenters. The highest BCUT2D eigenvalue weighted by atomic mass is 16.5. The summed E-state index contributed by atoms with van der Waals surface area (Å²) in [6.45, 7) is 9.87. The lowest BCUT2D eigenvalue weighted by Gasteiger charge is -2.28. The van der Waals surface area contributed by atoms with E-state index >= 15 is 0 Å². The molecule has 0 saturated carbocycles. The average Bonchev–Trinajstić information content (AvgIpc) is 2.65. The summed E-state index contributed by atoms with van der Waals surface area (Å²) < 4.78 is 10.6. The summed E-state index contributed by atoms with van der Waals surface area (Å²) in [6, 6.07) is 5.63. The van der Waals surface area contributed by atoms with Crippen LogP contribution in [0.25, 0.3) is 0 Å². The molecule has 1 aromatic rings. The van der Waals surface area contributed by atoms with E-state index in [0.29, 0.717) is 18.0 Å². The third-order valence-corrected chi connectivity index (χ3v) is 4.82. The molecule has 1 saturated heterocycles. The largest absolute Gasteiger partial charge is 0.493 e. The van der Waals surface area contributed by atoms with E-state index in [4.69, 9.17) is 9.47 Å². The van der Waals surface area contributed by atoms with Crippen molar-refractivity contribution < 1.29 is 14.3 Å². The summed E-state index contributed by atoms with van der Waals surface area (Å²) in [5.74, 6) is 1.33. The van der Waals surface area contributed by atoms with E-state index in [0.717, 1.165) is 44.7 Å². The van der Waals surface area contributed by atoms with E-state index in [1.165, 1.54) is 0 Å². The molecule has 25 heavy (non-hydrogen) atoms. The standard InChI is InChI=1S/C19H31N3O3/c1-19(2,15-6-7-16(24-3)17(14-15)25-4)18(23)21-8-5-11-22-12-9-20-10-13-22/h6-7,14,20H,5,8-13H2,1-4H3,(H,21,23). The van der Waals surface area contributed by atoms with E-state index < -0.39 is 5.41 Å². The summed E-state index contributed by atoms with van der Waals surface area (Å²) in [5, 5.41) is 6.42. The Morgan fingerprint density at radius 1 is 1.20 bits per heavy atom. The van der Waals surface area contributed by atoms with Gasteiger partial charge in [0, 0.05) is 32.7 Å². The van der Waals surface area contributed by atoms with Crippen LogP contribution < -0.4 is 20.1 Å². The Kier molecular flexibility index (Phi) is 7.08. The number of amides is 1. The number of methoxy groups -OCH3 is 2. The van der Waals surface area contributed by atoms with Gasteiger partial charge in [-0.3, -0.25) is 4.79 Å². The van der Waals surface area contributed by atoms with E-state index in [1.54, 1.807) is 14.2 Å². The molecule has 0 spiro atoms. The minimum atomic E-state index is -0.630. The van der Waals surface area contributed by atoms with Gasteiger partial charge in [0.05, 0.1) is 19.6 Å². The normalized spacial score (nSPS) is 15.7. The van der Waals surface area contributed by atoms with E-state index in [2.05, 4.69) is 15.5 Å². The van der Waals surface area contributed by atoms with Crippen LogP contribution in [0.5, 0.6) is 11.5 Å². The first-order chi connectivity index (χ1) is 12.0. The molecule has 1 fully saturated rings. The second kappa shape index (κ2) is 9.06. The molecule has 1 aliphatic rings. The van der Waals surface area contributed by atoms with Crippen molar-refractivity contribution in [3.05, 3.63) is 23.8 Å². The highest BCUT2D eigenvalue weighted by molar-refractivity contribution is 5.87. The van der Waals surface area contributed by atoms with Crippen LogP contribution in [0.15, 0.2) is 18.2 Å². The summed E-state index contributed by atoms with van der Waals surface area (Å²) in [6.07, 6.45) is 0.966. The van der Waals surface area contributed by atoms with Gasteiger partial charge >= 0.3 is 0 Å². The fourth-order valence-corrected chi connectivity index (χ4v) is 3.02. The molecular formula is C19H31N3O3. The van der Waals surface area contributed by atoms with Crippen LogP contribution in [0.2, 0.25) is 0 Å². The second-order valence-electron chi connectivity index (χ2n) is 6.90. The Morgan fingerprint density at radius 2 is 1.88 bits per heavy atom. The number of benzene rings is 1. The van der Waals surface area contributed by atoms with Crippen molar-refractivity contribution in [1.29, 1.82) is 0 Å². The number of ether oxygens (including phenoxy) is 2. The van der Waals surface area contributed by atoms with Crippen molar-refractivity contribution in [3.8, 4) is 11.5 Å². The van der Waals surface area contributed by atoms with Gasteiger partial charge in [0.2, 0.25) is 5.91 Å². The first kappa shape index (κ1) is 19.5. The number of hydrogen-bond acceptors (Lipinski definition) is 5. The lowest BCUT2D eigenvalue weighted by molar-refractivity contribution is -0.125. The van der Waals surface area contributed by atoms with Gasteiger partial charge in [0.25, 0.3) is 0 Å². The molecule has 1 amide bonds. The molecule has 2 N–H and O–H groups in total. The number of carbonyl (C=O) groups is 1. The number of nitrogens with one attached hydrogen (secondary N) is 2. The molecular weight excluding hydrogens is 318 g/mol. The fourth-order valence-electron chi connectivity index (χ4n) is 3.02. The van der Waals surface area contributed by atoms with Gasteiger partial charge in [-0.25, -0.2) is 0 Å². The van der Waals surface area contributed by atoms with E-state index in [1.807, 2.05) is 32.0 Å². The zero-order valence-electron chi connectivity index (χ0n) is 15.9. The average molecular weight is 349 g/mol. The number of carbonyl (C=O) groups excluding carboxylic acids is 1. The smallest absolute Gasteiger partial charge is 0.230 e. The SMILES string of the molecule is COc1ccc(C(C)(C)C(=O)NCCCN2CCNCC2)cc1OC. The van der Waals surface area contributed by atoms with Crippen molar-refractivity contribution in [3.63, 3.8) is 0 Å². The van der Waals surface area contributed by atoms with Crippen LogP contribution in [0.1, 0.15) is 25.8 Å². The van der Waals surface area contributed by atoms with Crippen LogP contribution in [0.4, 0.5) is 0 Å². The molecule has 1 aromatic carbocycles. The van der Waals surface area contributed by atoms with Crippen molar-refractivity contribution in [1.82, 2.24) is 15.5 Å². The predicted molar refractivity (Wildman–Crippen MR) is 99.5 cm³/mol. The van der Waals surface area contributed by atoms with Crippen LogP contribution in [-0.2, 0) is 10.2 Å². The number of hydrogen-bond donors (Lipinski definition) is 2. The number of nitrogens with zero attached hydrogens (tertiary/aromatic N) is 1. The molecule has 0 radical (unpaired) electrons. The van der Waals surface area contributed by atoms with Crippen molar-refractivity contribution in [2.45, 2.75) is 25.7 Å². The highest BCUT2D eigenvalue weighted by Gasteiger charge is 2.30. The highest BCUT2D eigenvalue weighted by Crippen LogP contribution is 2.33. The van der Waals surface area contributed by atoms with Gasteiger partial charge in [-0.1, -0.05) is 6.07 Å². The number of rotatable bonds is 8. The van der Waals surface area contributed by atoms with E-state index in [9.17, 15) is 4.79 Å². The maximum atomic E-state index is 12.7. The monoisotopic (exact) mass is 349 g/mol. The molecule has 2 rings (SSSR count). The third-order valence-electron chi connectivity index (χ3n) is 4.82. The quantitative estimate of drug-likeness (QED) is 0.695. The van der Waals surface area contributed by atoms with E-state index in [-0.39, 0.29) is 5.91 Å². The molecule has 1 heterocycles. The van der Waals surface area contributed by atoms with Gasteiger partial charge in [0.15, 0.2) is 11.5 Å². The summed E-state index contributed by atoms with van der Waals surface area (Å²) in [5.41, 5.74) is 0.277.